The van der Waals surface area contributed by atoms with E-state index in [0.29, 0.717) is 0 Å². The van der Waals surface area contributed by atoms with E-state index in [1.165, 1.54) is 11.1 Å². The van der Waals surface area contributed by atoms with E-state index in [1.54, 1.807) is 14.2 Å². The third-order valence-corrected chi connectivity index (χ3v) is 2.97. The van der Waals surface area contributed by atoms with Crippen molar-refractivity contribution in [1.29, 1.82) is 0 Å². The molecule has 0 aliphatic rings. The van der Waals surface area contributed by atoms with E-state index in [0.717, 1.165) is 39.3 Å². The maximum absolute atomic E-state index is 5.14. The van der Waals surface area contributed by atoms with Gasteiger partial charge in [0.25, 0.3) is 0 Å². The van der Waals surface area contributed by atoms with Crippen molar-refractivity contribution in [3.05, 3.63) is 48.0 Å². The van der Waals surface area contributed by atoms with Crippen LogP contribution in [0, 0.1) is 0 Å². The average Bonchev–Trinajstić information content (AvgIpc) is 2.43. The fourth-order valence-corrected chi connectivity index (χ4v) is 1.97. The van der Waals surface area contributed by atoms with Crippen molar-refractivity contribution in [3.63, 3.8) is 0 Å². The SMILES string of the molecule is C=C(Cc1ccccc1)CN(CCOC)CCOC. The van der Waals surface area contributed by atoms with E-state index >= 15 is 0 Å². The molecule has 0 amide bonds. The zero-order valence-corrected chi connectivity index (χ0v) is 12.1. The molecule has 0 spiro atoms. The predicted octanol–water partition coefficient (Wildman–Crippen LogP) is 2.38. The lowest BCUT2D eigenvalue weighted by molar-refractivity contribution is 0.119. The second-order valence-electron chi connectivity index (χ2n) is 4.67. The quantitative estimate of drug-likeness (QED) is 0.605. The minimum Gasteiger partial charge on any atom is -0.383 e. The number of methoxy groups -OCH3 is 2. The summed E-state index contributed by atoms with van der Waals surface area (Å²) >= 11 is 0. The standard InChI is InChI=1S/C16H25NO2/c1-15(13-16-7-5-4-6-8-16)14-17(9-11-18-2)10-12-19-3/h4-8H,1,9-14H2,2-3H3. The molecule has 0 aliphatic heterocycles. The van der Waals surface area contributed by atoms with Crippen molar-refractivity contribution >= 4 is 0 Å². The van der Waals surface area contributed by atoms with Gasteiger partial charge in [-0.25, -0.2) is 0 Å². The Balaban J connectivity index is 2.41. The fraction of sp³-hybridized carbons (Fsp3) is 0.500. The zero-order valence-electron chi connectivity index (χ0n) is 12.1. The summed E-state index contributed by atoms with van der Waals surface area (Å²) in [5.74, 6) is 0. The van der Waals surface area contributed by atoms with Gasteiger partial charge in [-0.2, -0.15) is 0 Å². The molecule has 0 saturated carbocycles. The van der Waals surface area contributed by atoms with Crippen molar-refractivity contribution in [2.45, 2.75) is 6.42 Å². The Morgan fingerprint density at radius 1 is 1.05 bits per heavy atom. The van der Waals surface area contributed by atoms with E-state index in [4.69, 9.17) is 9.47 Å². The lowest BCUT2D eigenvalue weighted by Gasteiger charge is -2.22. The van der Waals surface area contributed by atoms with Crippen LogP contribution in [0.3, 0.4) is 0 Å². The molecule has 3 heteroatoms. The number of ether oxygens (including phenoxy) is 2. The summed E-state index contributed by atoms with van der Waals surface area (Å²) in [4.78, 5) is 2.32. The van der Waals surface area contributed by atoms with Gasteiger partial charge < -0.3 is 9.47 Å². The van der Waals surface area contributed by atoms with Crippen LogP contribution in [-0.2, 0) is 15.9 Å². The van der Waals surface area contributed by atoms with Gasteiger partial charge in [-0.05, 0) is 12.0 Å². The molecule has 0 aromatic heterocycles. The largest absolute Gasteiger partial charge is 0.383 e. The summed E-state index contributed by atoms with van der Waals surface area (Å²) in [6.45, 7) is 8.37. The van der Waals surface area contributed by atoms with Crippen LogP contribution in [0.25, 0.3) is 0 Å². The van der Waals surface area contributed by atoms with Gasteiger partial charge in [0.05, 0.1) is 13.2 Å². The van der Waals surface area contributed by atoms with Gasteiger partial charge in [-0.15, -0.1) is 0 Å². The van der Waals surface area contributed by atoms with Gasteiger partial charge >= 0.3 is 0 Å². The fourth-order valence-electron chi connectivity index (χ4n) is 1.97. The Morgan fingerprint density at radius 3 is 2.16 bits per heavy atom. The molecule has 0 atom stereocenters. The first-order valence-corrected chi connectivity index (χ1v) is 6.67. The number of rotatable bonds is 10. The summed E-state index contributed by atoms with van der Waals surface area (Å²) in [6.07, 6.45) is 0.928. The lowest BCUT2D eigenvalue weighted by atomic mass is 10.1. The second-order valence-corrected chi connectivity index (χ2v) is 4.67. The summed E-state index contributed by atoms with van der Waals surface area (Å²) in [5, 5.41) is 0. The Kier molecular flexibility index (Phi) is 8.14. The molecule has 0 saturated heterocycles. The first kappa shape index (κ1) is 15.9. The number of benzene rings is 1. The molecule has 3 nitrogen and oxygen atoms in total. The Bertz CT molecular complexity index is 343. The van der Waals surface area contributed by atoms with Gasteiger partial charge in [-0.3, -0.25) is 4.90 Å². The van der Waals surface area contributed by atoms with Crippen molar-refractivity contribution in [1.82, 2.24) is 4.90 Å². The molecule has 0 fully saturated rings. The monoisotopic (exact) mass is 263 g/mol. The van der Waals surface area contributed by atoms with Crippen LogP contribution in [0.15, 0.2) is 42.5 Å². The maximum atomic E-state index is 5.14. The molecule has 0 N–H and O–H groups in total. The number of hydrogen-bond donors (Lipinski definition) is 0. The van der Waals surface area contributed by atoms with Crippen LogP contribution in [0.1, 0.15) is 5.56 Å². The van der Waals surface area contributed by atoms with Crippen LogP contribution >= 0.6 is 0 Å². The van der Waals surface area contributed by atoms with Gasteiger partial charge in [0, 0.05) is 33.9 Å². The van der Waals surface area contributed by atoms with E-state index in [2.05, 4.69) is 35.7 Å². The third kappa shape index (κ3) is 7.11. The lowest BCUT2D eigenvalue weighted by Crippen LogP contribution is -2.32. The minimum atomic E-state index is 0.738. The van der Waals surface area contributed by atoms with E-state index < -0.39 is 0 Å². The molecule has 1 aromatic carbocycles. The van der Waals surface area contributed by atoms with Gasteiger partial charge in [0.15, 0.2) is 0 Å². The number of nitrogens with zero attached hydrogens (tertiary/aromatic N) is 1. The second kappa shape index (κ2) is 9.73. The highest BCUT2D eigenvalue weighted by molar-refractivity contribution is 5.21. The molecule has 0 unspecified atom stereocenters. The Hall–Kier alpha value is -1.16. The summed E-state index contributed by atoms with van der Waals surface area (Å²) in [5.41, 5.74) is 2.53. The Labute approximate surface area is 116 Å². The first-order chi connectivity index (χ1) is 9.26. The first-order valence-electron chi connectivity index (χ1n) is 6.67. The molecular weight excluding hydrogens is 238 g/mol. The topological polar surface area (TPSA) is 21.7 Å². The smallest absolute Gasteiger partial charge is 0.0589 e. The molecule has 19 heavy (non-hydrogen) atoms. The highest BCUT2D eigenvalue weighted by atomic mass is 16.5. The highest BCUT2D eigenvalue weighted by Crippen LogP contribution is 2.07. The van der Waals surface area contributed by atoms with Crippen molar-refractivity contribution in [3.8, 4) is 0 Å². The number of hydrogen-bond acceptors (Lipinski definition) is 3. The van der Waals surface area contributed by atoms with Crippen LogP contribution in [0.4, 0.5) is 0 Å². The molecule has 1 aromatic rings. The Morgan fingerprint density at radius 2 is 1.63 bits per heavy atom. The van der Waals surface area contributed by atoms with Crippen molar-refractivity contribution in [2.24, 2.45) is 0 Å². The molecule has 0 heterocycles. The zero-order chi connectivity index (χ0) is 13.9. The normalized spacial score (nSPS) is 10.9. The van der Waals surface area contributed by atoms with Gasteiger partial charge in [-0.1, -0.05) is 42.5 Å². The summed E-state index contributed by atoms with van der Waals surface area (Å²) < 4.78 is 10.3. The maximum Gasteiger partial charge on any atom is 0.0589 e. The van der Waals surface area contributed by atoms with Crippen LogP contribution < -0.4 is 0 Å². The van der Waals surface area contributed by atoms with Gasteiger partial charge in [0.2, 0.25) is 0 Å². The predicted molar refractivity (Wildman–Crippen MR) is 79.5 cm³/mol. The molecule has 0 radical (unpaired) electrons. The molecule has 0 bridgehead atoms. The van der Waals surface area contributed by atoms with Crippen molar-refractivity contribution < 1.29 is 9.47 Å². The van der Waals surface area contributed by atoms with E-state index in [9.17, 15) is 0 Å². The van der Waals surface area contributed by atoms with Crippen LogP contribution in [0.2, 0.25) is 0 Å². The van der Waals surface area contributed by atoms with E-state index in [-0.39, 0.29) is 0 Å². The molecule has 106 valence electrons. The molecule has 1 rings (SSSR count). The molecule has 0 aliphatic carbocycles. The van der Waals surface area contributed by atoms with Gasteiger partial charge in [0.1, 0.15) is 0 Å². The van der Waals surface area contributed by atoms with E-state index in [1.807, 2.05) is 6.07 Å². The summed E-state index contributed by atoms with van der Waals surface area (Å²) in [6, 6.07) is 10.4. The average molecular weight is 263 g/mol. The highest BCUT2D eigenvalue weighted by Gasteiger charge is 2.07. The van der Waals surface area contributed by atoms with Crippen LogP contribution in [0.5, 0.6) is 0 Å². The molecular formula is C16H25NO2. The third-order valence-electron chi connectivity index (χ3n) is 2.97. The van der Waals surface area contributed by atoms with Crippen molar-refractivity contribution in [2.75, 3.05) is 47.1 Å². The summed E-state index contributed by atoms with van der Waals surface area (Å²) in [7, 11) is 3.46. The minimum absolute atomic E-state index is 0.738. The van der Waals surface area contributed by atoms with Crippen LogP contribution in [-0.4, -0.2) is 52.0 Å².